The van der Waals surface area contributed by atoms with Crippen LogP contribution in [0.2, 0.25) is 0 Å². The van der Waals surface area contributed by atoms with Crippen molar-refractivity contribution in [3.8, 4) is 0 Å². The summed E-state index contributed by atoms with van der Waals surface area (Å²) in [5.74, 6) is -0.106. The van der Waals surface area contributed by atoms with Gasteiger partial charge >= 0.3 is 11.9 Å². The molecule has 0 aliphatic heterocycles. The number of hydrogen-bond donors (Lipinski definition) is 0. The van der Waals surface area contributed by atoms with Crippen LogP contribution < -0.4 is 0 Å². The van der Waals surface area contributed by atoms with Crippen molar-refractivity contribution in [1.82, 2.24) is 0 Å². The number of carbonyl (C=O) groups is 2. The zero-order valence-corrected chi connectivity index (χ0v) is 23.5. The van der Waals surface area contributed by atoms with E-state index in [1.807, 2.05) is 0 Å². The molecule has 0 unspecified atom stereocenters. The Morgan fingerprint density at radius 3 is 1.18 bits per heavy atom. The van der Waals surface area contributed by atoms with Crippen molar-refractivity contribution >= 4 is 11.9 Å². The number of esters is 2. The Balaban J connectivity index is 3.31. The topological polar surface area (TPSA) is 52.6 Å². The van der Waals surface area contributed by atoms with Gasteiger partial charge in [-0.15, -0.1) is 0 Å². The van der Waals surface area contributed by atoms with Crippen molar-refractivity contribution in [3.05, 3.63) is 12.2 Å². The maximum absolute atomic E-state index is 11.7. The van der Waals surface area contributed by atoms with Gasteiger partial charge in [-0.05, 0) is 49.4 Å². The summed E-state index contributed by atoms with van der Waals surface area (Å²) in [5.41, 5.74) is 0.0987. The predicted molar refractivity (Wildman–Crippen MR) is 144 cm³/mol. The number of rotatable bonds is 20. The molecule has 0 aromatic heterocycles. The van der Waals surface area contributed by atoms with Crippen LogP contribution in [-0.2, 0) is 19.1 Å². The third kappa shape index (κ3) is 26.9. The molecule has 0 aliphatic carbocycles. The van der Waals surface area contributed by atoms with E-state index in [4.69, 9.17) is 9.47 Å². The van der Waals surface area contributed by atoms with Gasteiger partial charge in [-0.1, -0.05) is 105 Å². The predicted octanol–water partition coefficient (Wildman–Crippen LogP) is 8.96. The van der Waals surface area contributed by atoms with E-state index >= 15 is 0 Å². The van der Waals surface area contributed by atoms with Crippen LogP contribution in [0.25, 0.3) is 0 Å². The molecule has 0 radical (unpaired) electrons. The standard InChI is InChI=1S/C30H56O4/c1-29(2,3)25-33-27(31)23-21-19-17-15-13-11-9-7-8-10-12-14-16-18-20-22-24-28(32)34-26-30(4,5)6/h13,15H,7-12,14,16-26H2,1-6H3/b15-13+. The van der Waals surface area contributed by atoms with Crippen molar-refractivity contribution < 1.29 is 19.1 Å². The molecule has 0 heterocycles. The number of carbonyl (C=O) groups excluding carboxylic acids is 2. The summed E-state index contributed by atoms with van der Waals surface area (Å²) >= 11 is 0. The maximum Gasteiger partial charge on any atom is 0.305 e. The molecule has 4 heteroatoms. The van der Waals surface area contributed by atoms with E-state index in [9.17, 15) is 9.59 Å². The van der Waals surface area contributed by atoms with Gasteiger partial charge in [0.25, 0.3) is 0 Å². The molecule has 0 aromatic carbocycles. The van der Waals surface area contributed by atoms with Gasteiger partial charge in [-0.3, -0.25) is 9.59 Å². The molecular formula is C30H56O4. The summed E-state index contributed by atoms with van der Waals surface area (Å²) in [5, 5.41) is 0. The van der Waals surface area contributed by atoms with E-state index in [-0.39, 0.29) is 22.8 Å². The highest BCUT2D eigenvalue weighted by molar-refractivity contribution is 5.69. The largest absolute Gasteiger partial charge is 0.465 e. The van der Waals surface area contributed by atoms with Crippen LogP contribution >= 0.6 is 0 Å². The van der Waals surface area contributed by atoms with E-state index in [1.165, 1.54) is 57.8 Å². The highest BCUT2D eigenvalue weighted by Crippen LogP contribution is 2.16. The van der Waals surface area contributed by atoms with E-state index in [0.717, 1.165) is 32.1 Å². The molecule has 0 atom stereocenters. The number of unbranched alkanes of at least 4 members (excludes halogenated alkanes) is 12. The fourth-order valence-corrected chi connectivity index (χ4v) is 3.45. The molecule has 0 aromatic rings. The van der Waals surface area contributed by atoms with Crippen molar-refractivity contribution in [2.75, 3.05) is 13.2 Å². The normalized spacial score (nSPS) is 12.3. The summed E-state index contributed by atoms with van der Waals surface area (Å²) in [7, 11) is 0. The fraction of sp³-hybridized carbons (Fsp3) is 0.867. The van der Waals surface area contributed by atoms with Gasteiger partial charge in [0.2, 0.25) is 0 Å². The zero-order chi connectivity index (χ0) is 25.7. The number of allylic oxidation sites excluding steroid dienone is 2. The quantitative estimate of drug-likeness (QED) is 0.0991. The van der Waals surface area contributed by atoms with Crippen molar-refractivity contribution in [2.45, 2.75) is 144 Å². The molecule has 34 heavy (non-hydrogen) atoms. The molecule has 0 saturated carbocycles. The monoisotopic (exact) mass is 480 g/mol. The van der Waals surface area contributed by atoms with Gasteiger partial charge in [-0.25, -0.2) is 0 Å². The number of ether oxygens (including phenoxy) is 2. The first kappa shape index (κ1) is 32.7. The van der Waals surface area contributed by atoms with Crippen molar-refractivity contribution in [2.24, 2.45) is 10.8 Å². The summed E-state index contributed by atoms with van der Waals surface area (Å²) in [6.07, 6.45) is 22.4. The third-order valence-electron chi connectivity index (χ3n) is 5.50. The molecule has 4 nitrogen and oxygen atoms in total. The van der Waals surface area contributed by atoms with Gasteiger partial charge in [0, 0.05) is 12.8 Å². The Kier molecular flexibility index (Phi) is 19.2. The maximum atomic E-state index is 11.7. The van der Waals surface area contributed by atoms with E-state index in [0.29, 0.717) is 26.1 Å². The fourth-order valence-electron chi connectivity index (χ4n) is 3.45. The summed E-state index contributed by atoms with van der Waals surface area (Å²) in [4.78, 5) is 23.3. The minimum atomic E-state index is -0.0624. The lowest BCUT2D eigenvalue weighted by atomic mass is 9.99. The zero-order valence-electron chi connectivity index (χ0n) is 23.5. The van der Waals surface area contributed by atoms with Crippen LogP contribution in [0.3, 0.4) is 0 Å². The molecule has 0 saturated heterocycles. The van der Waals surface area contributed by atoms with Crippen LogP contribution in [-0.4, -0.2) is 25.2 Å². The second-order valence-corrected chi connectivity index (χ2v) is 12.2. The van der Waals surface area contributed by atoms with Gasteiger partial charge in [0.05, 0.1) is 13.2 Å². The lowest BCUT2D eigenvalue weighted by Gasteiger charge is -2.17. The lowest BCUT2D eigenvalue weighted by molar-refractivity contribution is -0.147. The highest BCUT2D eigenvalue weighted by atomic mass is 16.5. The first-order valence-corrected chi connectivity index (χ1v) is 14.0. The second-order valence-electron chi connectivity index (χ2n) is 12.2. The Morgan fingerprint density at radius 2 is 0.794 bits per heavy atom. The summed E-state index contributed by atoms with van der Waals surface area (Å²) in [6, 6.07) is 0. The number of hydrogen-bond acceptors (Lipinski definition) is 4. The van der Waals surface area contributed by atoms with Crippen LogP contribution in [0, 0.1) is 10.8 Å². The smallest absolute Gasteiger partial charge is 0.305 e. The minimum Gasteiger partial charge on any atom is -0.465 e. The summed E-state index contributed by atoms with van der Waals surface area (Å²) in [6.45, 7) is 13.5. The van der Waals surface area contributed by atoms with Crippen LogP contribution in [0.15, 0.2) is 12.2 Å². The van der Waals surface area contributed by atoms with E-state index in [1.54, 1.807) is 0 Å². The average molecular weight is 481 g/mol. The Bertz CT molecular complexity index is 537. The minimum absolute atomic E-state index is 0.0431. The van der Waals surface area contributed by atoms with Gasteiger partial charge < -0.3 is 9.47 Å². The van der Waals surface area contributed by atoms with Crippen LogP contribution in [0.5, 0.6) is 0 Å². The van der Waals surface area contributed by atoms with Gasteiger partial charge in [0.1, 0.15) is 0 Å². The highest BCUT2D eigenvalue weighted by Gasteiger charge is 2.14. The van der Waals surface area contributed by atoms with Crippen molar-refractivity contribution in [3.63, 3.8) is 0 Å². The van der Waals surface area contributed by atoms with E-state index < -0.39 is 0 Å². The summed E-state index contributed by atoms with van der Waals surface area (Å²) < 4.78 is 10.6. The molecular weight excluding hydrogens is 424 g/mol. The molecule has 0 bridgehead atoms. The molecule has 0 spiro atoms. The molecule has 0 amide bonds. The van der Waals surface area contributed by atoms with Gasteiger partial charge in [-0.2, -0.15) is 0 Å². The SMILES string of the molecule is CC(C)(C)COC(=O)CCCC/C=C/CCCCCCCCCCCCC(=O)OCC(C)(C)C. The molecule has 200 valence electrons. The third-order valence-corrected chi connectivity index (χ3v) is 5.50. The van der Waals surface area contributed by atoms with E-state index in [2.05, 4.69) is 53.7 Å². The Labute approximate surface area is 211 Å². The Morgan fingerprint density at radius 1 is 0.500 bits per heavy atom. The van der Waals surface area contributed by atoms with Crippen LogP contribution in [0.4, 0.5) is 0 Å². The first-order chi connectivity index (χ1) is 16.0. The van der Waals surface area contributed by atoms with Gasteiger partial charge in [0.15, 0.2) is 0 Å². The molecule has 0 rings (SSSR count). The Hall–Kier alpha value is -1.32. The average Bonchev–Trinajstić information content (AvgIpc) is 2.74. The molecule has 0 aliphatic rings. The van der Waals surface area contributed by atoms with Crippen LogP contribution in [0.1, 0.15) is 144 Å². The first-order valence-electron chi connectivity index (χ1n) is 14.0. The molecule has 0 N–H and O–H groups in total. The lowest BCUT2D eigenvalue weighted by Crippen LogP contribution is -2.18. The second kappa shape index (κ2) is 19.9. The molecule has 0 fully saturated rings. The van der Waals surface area contributed by atoms with Crippen molar-refractivity contribution in [1.29, 1.82) is 0 Å².